The molecule has 2 nitrogen and oxygen atoms in total. The molecule has 0 amide bonds. The second-order valence-electron chi connectivity index (χ2n) is 4.16. The van der Waals surface area contributed by atoms with Crippen LogP contribution in [-0.4, -0.2) is 36.1 Å². The Morgan fingerprint density at radius 3 is 2.58 bits per heavy atom. The predicted molar refractivity (Wildman–Crippen MR) is 51.3 cm³/mol. The summed E-state index contributed by atoms with van der Waals surface area (Å²) in [6, 6.07) is 2.53. The highest BCUT2D eigenvalue weighted by Gasteiger charge is 2.39. The maximum Gasteiger partial charge on any atom is 0.0239 e. The highest BCUT2D eigenvalue weighted by Crippen LogP contribution is 2.27. The van der Waals surface area contributed by atoms with Crippen LogP contribution in [0.3, 0.4) is 0 Å². The first-order valence-corrected chi connectivity index (χ1v) is 5.34. The van der Waals surface area contributed by atoms with Crippen molar-refractivity contribution in [3.63, 3.8) is 0 Å². The number of hydrogen-bond donors (Lipinski definition) is 1. The number of nitrogens with zero attached hydrogens (tertiary/aromatic N) is 1. The van der Waals surface area contributed by atoms with E-state index in [1.165, 1.54) is 32.4 Å². The molecule has 2 saturated heterocycles. The minimum Gasteiger partial charge on any atom is -0.311 e. The molecule has 2 atom stereocenters. The van der Waals surface area contributed by atoms with E-state index in [1.807, 2.05) is 0 Å². The van der Waals surface area contributed by atoms with Gasteiger partial charge in [-0.05, 0) is 19.3 Å². The third-order valence-corrected chi connectivity index (χ3v) is 3.51. The number of hydrogen-bond acceptors (Lipinski definition) is 2. The van der Waals surface area contributed by atoms with E-state index < -0.39 is 0 Å². The Morgan fingerprint density at radius 1 is 1.42 bits per heavy atom. The molecule has 2 heteroatoms. The van der Waals surface area contributed by atoms with Crippen molar-refractivity contribution in [2.24, 2.45) is 0 Å². The van der Waals surface area contributed by atoms with Gasteiger partial charge in [0.05, 0.1) is 0 Å². The van der Waals surface area contributed by atoms with E-state index in [-0.39, 0.29) is 0 Å². The number of nitrogens with one attached hydrogen (secondary N) is 1. The minimum absolute atomic E-state index is 0.815. The third-order valence-electron chi connectivity index (χ3n) is 3.51. The van der Waals surface area contributed by atoms with Gasteiger partial charge in [-0.1, -0.05) is 13.8 Å². The molecular weight excluding hydrogens is 148 g/mol. The van der Waals surface area contributed by atoms with E-state index in [0.717, 1.165) is 18.1 Å². The SMILES string of the molecule is CCC(CC)N1CC2CC1CN2. The summed E-state index contributed by atoms with van der Waals surface area (Å²) in [5.74, 6) is 0. The van der Waals surface area contributed by atoms with Crippen LogP contribution in [0.2, 0.25) is 0 Å². The largest absolute Gasteiger partial charge is 0.311 e. The smallest absolute Gasteiger partial charge is 0.0239 e. The van der Waals surface area contributed by atoms with Crippen LogP contribution >= 0.6 is 0 Å². The molecule has 0 radical (unpaired) electrons. The first kappa shape index (κ1) is 8.52. The number of fused-ring (bicyclic) bond motifs is 2. The fourth-order valence-electron chi connectivity index (χ4n) is 2.80. The summed E-state index contributed by atoms with van der Waals surface area (Å²) < 4.78 is 0. The van der Waals surface area contributed by atoms with Crippen molar-refractivity contribution in [1.82, 2.24) is 10.2 Å². The van der Waals surface area contributed by atoms with Gasteiger partial charge in [0.1, 0.15) is 0 Å². The van der Waals surface area contributed by atoms with Gasteiger partial charge in [-0.25, -0.2) is 0 Å². The molecule has 0 aromatic heterocycles. The van der Waals surface area contributed by atoms with E-state index in [0.29, 0.717) is 0 Å². The average molecular weight is 168 g/mol. The monoisotopic (exact) mass is 168 g/mol. The van der Waals surface area contributed by atoms with Gasteiger partial charge < -0.3 is 5.32 Å². The van der Waals surface area contributed by atoms with Gasteiger partial charge in [0.15, 0.2) is 0 Å². The topological polar surface area (TPSA) is 15.3 Å². The molecule has 2 aliphatic rings. The molecule has 12 heavy (non-hydrogen) atoms. The van der Waals surface area contributed by atoms with E-state index in [2.05, 4.69) is 24.1 Å². The molecule has 2 rings (SSSR count). The molecule has 2 fully saturated rings. The number of rotatable bonds is 3. The third kappa shape index (κ3) is 1.27. The fraction of sp³-hybridized carbons (Fsp3) is 1.00. The van der Waals surface area contributed by atoms with Crippen LogP contribution < -0.4 is 5.32 Å². The van der Waals surface area contributed by atoms with E-state index in [9.17, 15) is 0 Å². The lowest BCUT2D eigenvalue weighted by molar-refractivity contribution is 0.150. The van der Waals surface area contributed by atoms with Gasteiger partial charge in [-0.3, -0.25) is 4.90 Å². The summed E-state index contributed by atoms with van der Waals surface area (Å²) in [6.07, 6.45) is 4.04. The van der Waals surface area contributed by atoms with Crippen molar-refractivity contribution in [2.75, 3.05) is 13.1 Å². The summed E-state index contributed by atoms with van der Waals surface area (Å²) in [5.41, 5.74) is 0. The fourth-order valence-corrected chi connectivity index (χ4v) is 2.80. The number of likely N-dealkylation sites (tertiary alicyclic amines) is 1. The molecule has 0 aromatic rings. The Bertz CT molecular complexity index is 154. The molecule has 0 spiro atoms. The molecule has 1 N–H and O–H groups in total. The van der Waals surface area contributed by atoms with Crippen molar-refractivity contribution in [3.8, 4) is 0 Å². The summed E-state index contributed by atoms with van der Waals surface area (Å²) in [4.78, 5) is 2.72. The van der Waals surface area contributed by atoms with Gasteiger partial charge in [0.2, 0.25) is 0 Å². The molecule has 2 aliphatic heterocycles. The highest BCUT2D eigenvalue weighted by atomic mass is 15.3. The van der Waals surface area contributed by atoms with Gasteiger partial charge in [-0.2, -0.15) is 0 Å². The minimum atomic E-state index is 0.815. The second kappa shape index (κ2) is 3.35. The molecule has 2 bridgehead atoms. The van der Waals surface area contributed by atoms with Gasteiger partial charge in [0.25, 0.3) is 0 Å². The molecule has 0 aromatic carbocycles. The van der Waals surface area contributed by atoms with Crippen molar-refractivity contribution < 1.29 is 0 Å². The first-order valence-electron chi connectivity index (χ1n) is 5.34. The van der Waals surface area contributed by atoms with Crippen molar-refractivity contribution in [1.29, 1.82) is 0 Å². The molecular formula is C10H20N2. The van der Waals surface area contributed by atoms with Crippen LogP contribution in [0, 0.1) is 0 Å². The van der Waals surface area contributed by atoms with E-state index in [1.54, 1.807) is 0 Å². The van der Waals surface area contributed by atoms with Crippen LogP contribution in [0.15, 0.2) is 0 Å². The quantitative estimate of drug-likeness (QED) is 0.681. The van der Waals surface area contributed by atoms with Crippen LogP contribution in [0.5, 0.6) is 0 Å². The van der Waals surface area contributed by atoms with Crippen LogP contribution in [0.4, 0.5) is 0 Å². The maximum atomic E-state index is 3.55. The van der Waals surface area contributed by atoms with Gasteiger partial charge in [0, 0.05) is 31.2 Å². The van der Waals surface area contributed by atoms with E-state index in [4.69, 9.17) is 0 Å². The standard InChI is InChI=1S/C10H20N2/c1-3-9(4-2)12-7-8-5-10(12)6-11-8/h8-11H,3-7H2,1-2H3. The lowest BCUT2D eigenvalue weighted by Gasteiger charge is -2.34. The van der Waals surface area contributed by atoms with Crippen LogP contribution in [0.1, 0.15) is 33.1 Å². The van der Waals surface area contributed by atoms with Crippen molar-refractivity contribution in [2.45, 2.75) is 51.2 Å². The zero-order valence-electron chi connectivity index (χ0n) is 8.21. The number of piperazine rings is 1. The Hall–Kier alpha value is -0.0800. The Labute approximate surface area is 75.3 Å². The zero-order chi connectivity index (χ0) is 8.55. The summed E-state index contributed by atoms with van der Waals surface area (Å²) in [6.45, 7) is 7.17. The Morgan fingerprint density at radius 2 is 2.17 bits per heavy atom. The summed E-state index contributed by atoms with van der Waals surface area (Å²) in [5, 5.41) is 3.55. The second-order valence-corrected chi connectivity index (χ2v) is 4.16. The Balaban J connectivity index is 1.96. The molecule has 70 valence electrons. The molecule has 2 unspecified atom stereocenters. The molecule has 0 saturated carbocycles. The highest BCUT2D eigenvalue weighted by molar-refractivity contribution is 4.99. The maximum absolute atomic E-state index is 3.55. The van der Waals surface area contributed by atoms with Crippen LogP contribution in [-0.2, 0) is 0 Å². The lowest BCUT2D eigenvalue weighted by atomic mass is 10.1. The van der Waals surface area contributed by atoms with Crippen molar-refractivity contribution >= 4 is 0 Å². The lowest BCUT2D eigenvalue weighted by Crippen LogP contribution is -2.48. The molecule has 2 heterocycles. The first-order chi connectivity index (χ1) is 5.85. The summed E-state index contributed by atoms with van der Waals surface area (Å²) >= 11 is 0. The zero-order valence-corrected chi connectivity index (χ0v) is 8.21. The molecule has 0 aliphatic carbocycles. The van der Waals surface area contributed by atoms with E-state index >= 15 is 0 Å². The Kier molecular flexibility index (Phi) is 2.37. The van der Waals surface area contributed by atoms with Gasteiger partial charge in [-0.15, -0.1) is 0 Å². The summed E-state index contributed by atoms with van der Waals surface area (Å²) in [7, 11) is 0. The van der Waals surface area contributed by atoms with Crippen LogP contribution in [0.25, 0.3) is 0 Å². The van der Waals surface area contributed by atoms with Crippen molar-refractivity contribution in [3.05, 3.63) is 0 Å². The van der Waals surface area contributed by atoms with Gasteiger partial charge >= 0.3 is 0 Å². The normalized spacial score (nSPS) is 35.2. The predicted octanol–water partition coefficient (Wildman–Crippen LogP) is 1.22. The average Bonchev–Trinajstić information content (AvgIpc) is 2.67.